The van der Waals surface area contributed by atoms with Crippen LogP contribution in [-0.4, -0.2) is 9.73 Å². The second-order valence-electron chi connectivity index (χ2n) is 6.91. The van der Waals surface area contributed by atoms with Crippen LogP contribution in [0, 0.1) is 17.8 Å². The Morgan fingerprint density at radius 1 is 1.16 bits per heavy atom. The van der Waals surface area contributed by atoms with Crippen molar-refractivity contribution in [2.45, 2.75) is 54.8 Å². The molecule has 0 spiro atoms. The first-order valence-electron chi connectivity index (χ1n) is 7.59. The molecule has 4 aliphatic rings. The van der Waals surface area contributed by atoms with Crippen LogP contribution >= 0.6 is 11.8 Å². The summed E-state index contributed by atoms with van der Waals surface area (Å²) in [5.74, 6) is 3.03. The van der Waals surface area contributed by atoms with E-state index >= 15 is 0 Å². The van der Waals surface area contributed by atoms with Crippen LogP contribution < -0.4 is 5.73 Å². The molecular weight excluding hydrogens is 252 g/mol. The van der Waals surface area contributed by atoms with E-state index in [1.807, 2.05) is 12.3 Å². The number of nitrogens with zero attached hydrogens (tertiary/aromatic N) is 1. The average molecular weight is 274 g/mol. The fourth-order valence-electron chi connectivity index (χ4n) is 5.01. The van der Waals surface area contributed by atoms with Gasteiger partial charge >= 0.3 is 0 Å². The molecule has 1 heterocycles. The number of nitrogens with two attached hydrogens (primary N) is 1. The van der Waals surface area contributed by atoms with Gasteiger partial charge in [-0.15, -0.1) is 0 Å². The van der Waals surface area contributed by atoms with Crippen molar-refractivity contribution in [3.8, 4) is 0 Å². The first-order valence-corrected chi connectivity index (χ1v) is 8.40. The summed E-state index contributed by atoms with van der Waals surface area (Å²) in [6.45, 7) is 0.622. The molecule has 102 valence electrons. The van der Waals surface area contributed by atoms with Crippen molar-refractivity contribution in [1.29, 1.82) is 0 Å². The number of hydrogen-bond acceptors (Lipinski definition) is 3. The molecule has 4 bridgehead atoms. The maximum Gasteiger partial charge on any atom is 0.0968 e. The SMILES string of the molecule is NCc1ccnc(SC23CC4CC(CC(C4)C2)C3)c1. The molecule has 19 heavy (non-hydrogen) atoms. The third-order valence-electron chi connectivity index (χ3n) is 5.34. The number of pyridine rings is 1. The molecule has 0 radical (unpaired) electrons. The Bertz CT molecular complexity index is 450. The van der Waals surface area contributed by atoms with Crippen LogP contribution in [-0.2, 0) is 6.54 Å². The van der Waals surface area contributed by atoms with E-state index in [9.17, 15) is 0 Å². The van der Waals surface area contributed by atoms with Gasteiger partial charge in [0.05, 0.1) is 5.03 Å². The highest BCUT2D eigenvalue weighted by Crippen LogP contribution is 2.61. The van der Waals surface area contributed by atoms with Crippen molar-refractivity contribution < 1.29 is 0 Å². The van der Waals surface area contributed by atoms with Gasteiger partial charge in [-0.05, 0) is 74.0 Å². The van der Waals surface area contributed by atoms with E-state index in [2.05, 4.69) is 22.8 Å². The summed E-state index contributed by atoms with van der Waals surface area (Å²) in [5.41, 5.74) is 6.95. The Labute approximate surface area is 119 Å². The topological polar surface area (TPSA) is 38.9 Å². The molecule has 1 aromatic heterocycles. The van der Waals surface area contributed by atoms with Crippen LogP contribution in [0.25, 0.3) is 0 Å². The number of hydrogen-bond donors (Lipinski definition) is 1. The molecule has 0 atom stereocenters. The first kappa shape index (κ1) is 12.2. The second kappa shape index (κ2) is 4.49. The summed E-state index contributed by atoms with van der Waals surface area (Å²) in [5, 5.41) is 1.20. The molecule has 0 aliphatic heterocycles. The van der Waals surface area contributed by atoms with Gasteiger partial charge in [-0.2, -0.15) is 0 Å². The monoisotopic (exact) mass is 274 g/mol. The van der Waals surface area contributed by atoms with E-state index in [1.54, 1.807) is 0 Å². The molecule has 4 fully saturated rings. The lowest BCUT2D eigenvalue weighted by Gasteiger charge is -2.56. The van der Waals surface area contributed by atoms with Gasteiger partial charge in [-0.25, -0.2) is 4.98 Å². The molecule has 2 nitrogen and oxygen atoms in total. The predicted octanol–water partition coefficient (Wildman–Crippen LogP) is 3.60. The van der Waals surface area contributed by atoms with Crippen LogP contribution in [0.4, 0.5) is 0 Å². The highest BCUT2D eigenvalue weighted by atomic mass is 32.2. The molecule has 4 saturated carbocycles. The predicted molar refractivity (Wildman–Crippen MR) is 78.9 cm³/mol. The van der Waals surface area contributed by atoms with Gasteiger partial charge in [0, 0.05) is 17.5 Å². The third-order valence-corrected chi connectivity index (χ3v) is 6.70. The zero-order valence-electron chi connectivity index (χ0n) is 11.3. The molecule has 1 aromatic rings. The van der Waals surface area contributed by atoms with E-state index in [4.69, 9.17) is 5.73 Å². The molecule has 0 aromatic carbocycles. The summed E-state index contributed by atoms with van der Waals surface area (Å²) in [4.78, 5) is 4.57. The number of aromatic nitrogens is 1. The minimum absolute atomic E-state index is 0.509. The van der Waals surface area contributed by atoms with Crippen molar-refractivity contribution in [1.82, 2.24) is 4.98 Å². The smallest absolute Gasteiger partial charge is 0.0968 e. The molecule has 0 amide bonds. The van der Waals surface area contributed by atoms with E-state index in [0.29, 0.717) is 11.3 Å². The van der Waals surface area contributed by atoms with Crippen LogP contribution in [0.1, 0.15) is 44.1 Å². The molecule has 0 unspecified atom stereocenters. The van der Waals surface area contributed by atoms with Gasteiger partial charge in [-0.3, -0.25) is 0 Å². The zero-order chi connectivity index (χ0) is 12.9. The summed E-state index contributed by atoms with van der Waals surface area (Å²) >= 11 is 2.06. The summed E-state index contributed by atoms with van der Waals surface area (Å²) in [7, 11) is 0. The van der Waals surface area contributed by atoms with Gasteiger partial charge in [0.15, 0.2) is 0 Å². The van der Waals surface area contributed by atoms with E-state index < -0.39 is 0 Å². The Balaban J connectivity index is 1.58. The van der Waals surface area contributed by atoms with Gasteiger partial charge in [0.25, 0.3) is 0 Å². The van der Waals surface area contributed by atoms with Crippen molar-refractivity contribution in [2.24, 2.45) is 23.5 Å². The minimum atomic E-state index is 0.509. The number of thioether (sulfide) groups is 1. The summed E-state index contributed by atoms with van der Waals surface area (Å²) < 4.78 is 0.509. The molecule has 5 rings (SSSR count). The van der Waals surface area contributed by atoms with Crippen molar-refractivity contribution in [3.63, 3.8) is 0 Å². The van der Waals surface area contributed by atoms with Crippen molar-refractivity contribution in [3.05, 3.63) is 23.9 Å². The lowest BCUT2D eigenvalue weighted by Crippen LogP contribution is -2.48. The fourth-order valence-corrected chi connectivity index (χ4v) is 6.74. The van der Waals surface area contributed by atoms with Crippen molar-refractivity contribution >= 4 is 11.8 Å². The largest absolute Gasteiger partial charge is 0.326 e. The van der Waals surface area contributed by atoms with Crippen LogP contribution in [0.3, 0.4) is 0 Å². The van der Waals surface area contributed by atoms with Crippen LogP contribution in [0.15, 0.2) is 23.4 Å². The quantitative estimate of drug-likeness (QED) is 0.915. The summed E-state index contributed by atoms with van der Waals surface area (Å²) in [6.07, 6.45) is 10.7. The molecule has 2 N–H and O–H groups in total. The third kappa shape index (κ3) is 2.21. The normalized spacial score (nSPS) is 39.7. The Morgan fingerprint density at radius 2 is 1.79 bits per heavy atom. The van der Waals surface area contributed by atoms with Gasteiger partial charge in [-0.1, -0.05) is 11.8 Å². The maximum atomic E-state index is 5.74. The standard InChI is InChI=1S/C16H22N2S/c17-10-11-1-2-18-15(6-11)19-16-7-12-3-13(8-16)5-14(4-12)9-16/h1-2,6,12-14H,3-5,7-10,17H2. The Hall–Kier alpha value is -0.540. The lowest BCUT2D eigenvalue weighted by atomic mass is 9.56. The highest BCUT2D eigenvalue weighted by Gasteiger charge is 2.51. The molecule has 3 heteroatoms. The Morgan fingerprint density at radius 3 is 2.37 bits per heavy atom. The molecular formula is C16H22N2S. The minimum Gasteiger partial charge on any atom is -0.326 e. The Kier molecular flexibility index (Phi) is 2.89. The highest BCUT2D eigenvalue weighted by molar-refractivity contribution is 8.00. The number of rotatable bonds is 3. The van der Waals surface area contributed by atoms with E-state index in [1.165, 1.54) is 49.1 Å². The van der Waals surface area contributed by atoms with E-state index in [-0.39, 0.29) is 0 Å². The lowest BCUT2D eigenvalue weighted by molar-refractivity contribution is 0.0383. The molecule has 4 aliphatic carbocycles. The van der Waals surface area contributed by atoms with E-state index in [0.717, 1.165) is 17.8 Å². The van der Waals surface area contributed by atoms with Crippen molar-refractivity contribution in [2.75, 3.05) is 0 Å². The van der Waals surface area contributed by atoms with Crippen LogP contribution in [0.5, 0.6) is 0 Å². The second-order valence-corrected chi connectivity index (χ2v) is 8.40. The van der Waals surface area contributed by atoms with Gasteiger partial charge in [0.2, 0.25) is 0 Å². The van der Waals surface area contributed by atoms with Crippen LogP contribution in [0.2, 0.25) is 0 Å². The molecule has 0 saturated heterocycles. The van der Waals surface area contributed by atoms with Gasteiger partial charge in [0.1, 0.15) is 0 Å². The average Bonchev–Trinajstić information content (AvgIpc) is 2.36. The summed E-state index contributed by atoms with van der Waals surface area (Å²) in [6, 6.07) is 4.23. The van der Waals surface area contributed by atoms with Gasteiger partial charge < -0.3 is 5.73 Å². The fraction of sp³-hybridized carbons (Fsp3) is 0.688. The maximum absolute atomic E-state index is 5.74. The zero-order valence-corrected chi connectivity index (χ0v) is 12.2. The first-order chi connectivity index (χ1) is 9.25.